The quantitative estimate of drug-likeness (QED) is 0.309. The van der Waals surface area contributed by atoms with E-state index in [1.807, 2.05) is 25.1 Å². The standard InChI is InChI=1S/C24H22BrN3O5/c1-15-4-3-5-18(10-15)27-23(30)14-33-21-9-6-16(11-22(21)32-2)13-26-28-24(31)19-12-17(25)7-8-20(19)29/h3-13,29H,14H2,1-2H3,(H,27,30)(H,28,31)/b26-13+. The van der Waals surface area contributed by atoms with Crippen molar-refractivity contribution in [3.8, 4) is 17.2 Å². The van der Waals surface area contributed by atoms with E-state index in [2.05, 4.69) is 31.8 Å². The zero-order valence-electron chi connectivity index (χ0n) is 18.0. The van der Waals surface area contributed by atoms with Crippen LogP contribution in [-0.2, 0) is 4.79 Å². The summed E-state index contributed by atoms with van der Waals surface area (Å²) >= 11 is 3.25. The third-order valence-corrected chi connectivity index (χ3v) is 4.92. The number of phenols is 1. The normalized spacial score (nSPS) is 10.6. The maximum absolute atomic E-state index is 12.2. The number of nitrogens with one attached hydrogen (secondary N) is 2. The van der Waals surface area contributed by atoms with Gasteiger partial charge in [0.2, 0.25) is 0 Å². The average Bonchev–Trinajstić information content (AvgIpc) is 2.79. The van der Waals surface area contributed by atoms with E-state index in [9.17, 15) is 14.7 Å². The van der Waals surface area contributed by atoms with E-state index in [4.69, 9.17) is 9.47 Å². The number of carbonyl (C=O) groups excluding carboxylic acids is 2. The van der Waals surface area contributed by atoms with Crippen LogP contribution in [0.1, 0.15) is 21.5 Å². The van der Waals surface area contributed by atoms with Crippen molar-refractivity contribution in [3.63, 3.8) is 0 Å². The summed E-state index contributed by atoms with van der Waals surface area (Å²) in [6.45, 7) is 1.75. The Hall–Kier alpha value is -3.85. The van der Waals surface area contributed by atoms with E-state index in [1.54, 1.807) is 30.3 Å². The molecule has 8 nitrogen and oxygen atoms in total. The van der Waals surface area contributed by atoms with Crippen molar-refractivity contribution in [2.24, 2.45) is 5.10 Å². The molecule has 0 aliphatic rings. The fourth-order valence-corrected chi connectivity index (χ4v) is 3.22. The molecule has 0 spiro atoms. The number of rotatable bonds is 8. The van der Waals surface area contributed by atoms with Crippen molar-refractivity contribution in [2.45, 2.75) is 6.92 Å². The molecule has 3 aromatic carbocycles. The highest BCUT2D eigenvalue weighted by atomic mass is 79.9. The topological polar surface area (TPSA) is 109 Å². The number of methoxy groups -OCH3 is 1. The number of carbonyl (C=O) groups is 2. The van der Waals surface area contributed by atoms with Gasteiger partial charge >= 0.3 is 0 Å². The molecule has 2 amide bonds. The molecule has 0 unspecified atom stereocenters. The molecule has 0 aromatic heterocycles. The van der Waals surface area contributed by atoms with Crippen molar-refractivity contribution >= 4 is 39.6 Å². The number of aryl methyl sites for hydroxylation is 1. The Morgan fingerprint density at radius 1 is 1.09 bits per heavy atom. The lowest BCUT2D eigenvalue weighted by atomic mass is 10.2. The first-order valence-corrected chi connectivity index (χ1v) is 10.6. The Labute approximate surface area is 199 Å². The third kappa shape index (κ3) is 6.81. The second kappa shape index (κ2) is 11.1. The molecule has 0 bridgehead atoms. The number of amides is 2. The zero-order valence-corrected chi connectivity index (χ0v) is 19.5. The maximum Gasteiger partial charge on any atom is 0.275 e. The van der Waals surface area contributed by atoms with Gasteiger partial charge < -0.3 is 19.9 Å². The number of anilines is 1. The molecule has 0 saturated carbocycles. The number of hydrogen-bond acceptors (Lipinski definition) is 6. The van der Waals surface area contributed by atoms with E-state index in [1.165, 1.54) is 25.5 Å². The number of hydrogen-bond donors (Lipinski definition) is 3. The Balaban J connectivity index is 1.59. The summed E-state index contributed by atoms with van der Waals surface area (Å²) in [7, 11) is 1.48. The minimum absolute atomic E-state index is 0.0896. The SMILES string of the molecule is COc1cc(/C=N/NC(=O)c2cc(Br)ccc2O)ccc1OCC(=O)Nc1cccc(C)c1. The Morgan fingerprint density at radius 2 is 1.91 bits per heavy atom. The number of halogens is 1. The van der Waals surface area contributed by atoms with Crippen LogP contribution in [0.2, 0.25) is 0 Å². The summed E-state index contributed by atoms with van der Waals surface area (Å²) in [6.07, 6.45) is 1.42. The van der Waals surface area contributed by atoms with Gasteiger partial charge in [0.1, 0.15) is 5.75 Å². The zero-order chi connectivity index (χ0) is 23.8. The van der Waals surface area contributed by atoms with Crippen molar-refractivity contribution in [1.82, 2.24) is 5.43 Å². The van der Waals surface area contributed by atoms with Crippen LogP contribution in [0.15, 0.2) is 70.2 Å². The van der Waals surface area contributed by atoms with Gasteiger partial charge in [0.25, 0.3) is 11.8 Å². The van der Waals surface area contributed by atoms with Crippen molar-refractivity contribution in [2.75, 3.05) is 19.0 Å². The molecule has 9 heteroatoms. The number of aromatic hydroxyl groups is 1. The van der Waals surface area contributed by atoms with Gasteiger partial charge in [-0.15, -0.1) is 0 Å². The second-order valence-corrected chi connectivity index (χ2v) is 7.89. The van der Waals surface area contributed by atoms with Crippen LogP contribution in [-0.4, -0.2) is 36.9 Å². The molecule has 0 radical (unpaired) electrons. The number of phenolic OH excluding ortho intramolecular Hbond substituents is 1. The minimum atomic E-state index is -0.559. The van der Waals surface area contributed by atoms with E-state index in [0.29, 0.717) is 27.2 Å². The molecule has 170 valence electrons. The van der Waals surface area contributed by atoms with Gasteiger partial charge in [0.15, 0.2) is 18.1 Å². The van der Waals surface area contributed by atoms with E-state index in [-0.39, 0.29) is 23.8 Å². The van der Waals surface area contributed by atoms with Crippen LogP contribution in [0, 0.1) is 6.92 Å². The van der Waals surface area contributed by atoms with Crippen LogP contribution in [0.5, 0.6) is 17.2 Å². The first-order chi connectivity index (χ1) is 15.9. The maximum atomic E-state index is 12.2. The van der Waals surface area contributed by atoms with Gasteiger partial charge in [-0.05, 0) is 66.6 Å². The predicted octanol–water partition coefficient (Wildman–Crippen LogP) is 4.25. The van der Waals surface area contributed by atoms with Gasteiger partial charge in [0, 0.05) is 10.2 Å². The fourth-order valence-electron chi connectivity index (χ4n) is 2.86. The Bertz CT molecular complexity index is 1200. The summed E-state index contributed by atoms with van der Waals surface area (Å²) in [6, 6.07) is 17.0. The van der Waals surface area contributed by atoms with Crippen LogP contribution in [0.4, 0.5) is 5.69 Å². The average molecular weight is 512 g/mol. The van der Waals surface area contributed by atoms with Gasteiger partial charge in [0.05, 0.1) is 18.9 Å². The van der Waals surface area contributed by atoms with Gasteiger partial charge in [-0.3, -0.25) is 9.59 Å². The lowest BCUT2D eigenvalue weighted by molar-refractivity contribution is -0.118. The highest BCUT2D eigenvalue weighted by Crippen LogP contribution is 2.27. The van der Waals surface area contributed by atoms with Crippen molar-refractivity contribution in [3.05, 3.63) is 81.8 Å². The molecule has 3 rings (SSSR count). The van der Waals surface area contributed by atoms with Gasteiger partial charge in [-0.2, -0.15) is 5.10 Å². The molecule has 0 aliphatic carbocycles. The van der Waals surface area contributed by atoms with Gasteiger partial charge in [-0.25, -0.2) is 5.43 Å². The fraction of sp³-hybridized carbons (Fsp3) is 0.125. The number of hydrazone groups is 1. The Kier molecular flexibility index (Phi) is 8.04. The molecular formula is C24H22BrN3O5. The third-order valence-electron chi connectivity index (χ3n) is 4.43. The summed E-state index contributed by atoms with van der Waals surface area (Å²) in [4.78, 5) is 24.4. The number of nitrogens with zero attached hydrogens (tertiary/aromatic N) is 1. The van der Waals surface area contributed by atoms with Crippen molar-refractivity contribution in [1.29, 1.82) is 0 Å². The van der Waals surface area contributed by atoms with E-state index >= 15 is 0 Å². The first kappa shape index (κ1) is 23.8. The first-order valence-electron chi connectivity index (χ1n) is 9.85. The summed E-state index contributed by atoms with van der Waals surface area (Å²) in [5, 5.41) is 16.5. The summed E-state index contributed by atoms with van der Waals surface area (Å²) < 4.78 is 11.6. The Morgan fingerprint density at radius 3 is 2.67 bits per heavy atom. The monoisotopic (exact) mass is 511 g/mol. The summed E-state index contributed by atoms with van der Waals surface area (Å²) in [5.41, 5.74) is 4.81. The molecule has 0 fully saturated rings. The highest BCUT2D eigenvalue weighted by Gasteiger charge is 2.11. The van der Waals surface area contributed by atoms with Crippen LogP contribution in [0.25, 0.3) is 0 Å². The number of ether oxygens (including phenoxy) is 2. The largest absolute Gasteiger partial charge is 0.507 e. The van der Waals surface area contributed by atoms with Crippen LogP contribution in [0.3, 0.4) is 0 Å². The molecule has 3 N–H and O–H groups in total. The van der Waals surface area contributed by atoms with E-state index < -0.39 is 5.91 Å². The van der Waals surface area contributed by atoms with Crippen LogP contribution < -0.4 is 20.2 Å². The lowest BCUT2D eigenvalue weighted by Gasteiger charge is -2.11. The van der Waals surface area contributed by atoms with E-state index in [0.717, 1.165) is 5.56 Å². The molecule has 3 aromatic rings. The molecule has 0 atom stereocenters. The molecular weight excluding hydrogens is 490 g/mol. The number of benzene rings is 3. The smallest absolute Gasteiger partial charge is 0.275 e. The van der Waals surface area contributed by atoms with Crippen LogP contribution >= 0.6 is 15.9 Å². The lowest BCUT2D eigenvalue weighted by Crippen LogP contribution is -2.20. The van der Waals surface area contributed by atoms with Crippen molar-refractivity contribution < 1.29 is 24.2 Å². The molecule has 33 heavy (non-hydrogen) atoms. The molecule has 0 heterocycles. The second-order valence-electron chi connectivity index (χ2n) is 6.98. The predicted molar refractivity (Wildman–Crippen MR) is 129 cm³/mol. The molecule has 0 aliphatic heterocycles. The molecule has 0 saturated heterocycles. The van der Waals surface area contributed by atoms with Gasteiger partial charge in [-0.1, -0.05) is 28.1 Å². The highest BCUT2D eigenvalue weighted by molar-refractivity contribution is 9.10. The summed E-state index contributed by atoms with van der Waals surface area (Å²) in [5.74, 6) is -0.223. The minimum Gasteiger partial charge on any atom is -0.507 e.